The van der Waals surface area contributed by atoms with Gasteiger partial charge >= 0.3 is 5.97 Å². The van der Waals surface area contributed by atoms with E-state index in [1.165, 1.54) is 14.2 Å². The van der Waals surface area contributed by atoms with Crippen molar-refractivity contribution < 1.29 is 19.0 Å². The van der Waals surface area contributed by atoms with Crippen molar-refractivity contribution in [1.82, 2.24) is 0 Å². The van der Waals surface area contributed by atoms with Gasteiger partial charge in [0.2, 0.25) is 0 Å². The average molecular weight is 333 g/mol. The van der Waals surface area contributed by atoms with E-state index in [1.807, 2.05) is 24.3 Å². The van der Waals surface area contributed by atoms with Crippen LogP contribution in [0.2, 0.25) is 5.02 Å². The van der Waals surface area contributed by atoms with E-state index in [0.29, 0.717) is 27.6 Å². The van der Waals surface area contributed by atoms with E-state index in [2.05, 4.69) is 0 Å². The van der Waals surface area contributed by atoms with Crippen LogP contribution in [0.25, 0.3) is 12.2 Å². The molecule has 0 saturated heterocycles. The lowest BCUT2D eigenvalue weighted by Gasteiger charge is -2.12. The molecule has 0 aliphatic carbocycles. The van der Waals surface area contributed by atoms with Gasteiger partial charge in [0, 0.05) is 11.1 Å². The normalized spacial score (nSPS) is 10.6. The Kier molecular flexibility index (Phi) is 5.66. The summed E-state index contributed by atoms with van der Waals surface area (Å²) in [5, 5.41) is 0.623. The number of esters is 1. The number of hydrogen-bond acceptors (Lipinski definition) is 4. The maximum Gasteiger partial charge on any atom is 0.342 e. The Hall–Kier alpha value is -2.46. The largest absolute Gasteiger partial charge is 0.497 e. The lowest BCUT2D eigenvalue weighted by atomic mass is 10.0. The Morgan fingerprint density at radius 1 is 1.00 bits per heavy atom. The first-order valence-electron chi connectivity index (χ1n) is 6.87. The van der Waals surface area contributed by atoms with Crippen molar-refractivity contribution >= 4 is 29.7 Å². The highest BCUT2D eigenvalue weighted by Crippen LogP contribution is 2.31. The van der Waals surface area contributed by atoms with Gasteiger partial charge in [0.05, 0.1) is 21.3 Å². The lowest BCUT2D eigenvalue weighted by Crippen LogP contribution is -2.07. The van der Waals surface area contributed by atoms with E-state index in [-0.39, 0.29) is 0 Å². The molecular weight excluding hydrogens is 316 g/mol. The van der Waals surface area contributed by atoms with Gasteiger partial charge < -0.3 is 14.2 Å². The van der Waals surface area contributed by atoms with Crippen LogP contribution in [0.1, 0.15) is 21.5 Å². The van der Waals surface area contributed by atoms with Gasteiger partial charge in [-0.05, 0) is 23.3 Å². The monoisotopic (exact) mass is 332 g/mol. The fraction of sp³-hybridized carbons (Fsp3) is 0.167. The second-order valence-corrected chi connectivity index (χ2v) is 5.05. The summed E-state index contributed by atoms with van der Waals surface area (Å²) in [5.74, 6) is 0.478. The summed E-state index contributed by atoms with van der Waals surface area (Å²) in [7, 11) is 4.37. The maximum absolute atomic E-state index is 12.1. The lowest BCUT2D eigenvalue weighted by molar-refractivity contribution is 0.0597. The summed E-state index contributed by atoms with van der Waals surface area (Å²) in [6.45, 7) is 0. The van der Waals surface area contributed by atoms with Crippen LogP contribution >= 0.6 is 11.6 Å². The molecular formula is C18H17ClO4. The first-order chi connectivity index (χ1) is 11.1. The van der Waals surface area contributed by atoms with Gasteiger partial charge in [0.15, 0.2) is 0 Å². The van der Waals surface area contributed by atoms with E-state index in [1.54, 1.807) is 31.4 Å². The molecule has 23 heavy (non-hydrogen) atoms. The van der Waals surface area contributed by atoms with Gasteiger partial charge in [-0.25, -0.2) is 4.79 Å². The molecule has 0 amide bonds. The van der Waals surface area contributed by atoms with Gasteiger partial charge in [-0.1, -0.05) is 42.0 Å². The maximum atomic E-state index is 12.1. The summed E-state index contributed by atoms with van der Waals surface area (Å²) in [5.41, 5.74) is 1.79. The van der Waals surface area contributed by atoms with Gasteiger partial charge in [-0.2, -0.15) is 0 Å². The number of carbonyl (C=O) groups excluding carboxylic acids is 1. The predicted octanol–water partition coefficient (Wildman–Crippen LogP) is 4.31. The summed E-state index contributed by atoms with van der Waals surface area (Å²) < 4.78 is 15.4. The highest BCUT2D eigenvalue weighted by atomic mass is 35.5. The fourth-order valence-electron chi connectivity index (χ4n) is 2.13. The molecule has 0 N–H and O–H groups in total. The van der Waals surface area contributed by atoms with Crippen LogP contribution < -0.4 is 9.47 Å². The van der Waals surface area contributed by atoms with Crippen LogP contribution in [0.15, 0.2) is 36.4 Å². The number of halogens is 1. The average Bonchev–Trinajstić information content (AvgIpc) is 2.59. The van der Waals surface area contributed by atoms with Gasteiger partial charge in [-0.3, -0.25) is 0 Å². The molecule has 0 radical (unpaired) electrons. The third-order valence-electron chi connectivity index (χ3n) is 3.30. The zero-order chi connectivity index (χ0) is 16.8. The number of carbonyl (C=O) groups is 1. The molecule has 0 aliphatic heterocycles. The molecule has 0 atom stereocenters. The predicted molar refractivity (Wildman–Crippen MR) is 91.3 cm³/mol. The summed E-state index contributed by atoms with van der Waals surface area (Å²) in [4.78, 5) is 12.1. The summed E-state index contributed by atoms with van der Waals surface area (Å²) >= 11 is 6.14. The van der Waals surface area contributed by atoms with Crippen LogP contribution in [0.5, 0.6) is 11.5 Å². The quantitative estimate of drug-likeness (QED) is 0.604. The topological polar surface area (TPSA) is 44.8 Å². The van der Waals surface area contributed by atoms with E-state index in [9.17, 15) is 4.79 Å². The molecule has 2 rings (SSSR count). The smallest absolute Gasteiger partial charge is 0.342 e. The molecule has 0 aromatic heterocycles. The molecule has 0 bridgehead atoms. The number of benzene rings is 2. The van der Waals surface area contributed by atoms with Crippen molar-refractivity contribution in [3.05, 3.63) is 58.1 Å². The van der Waals surface area contributed by atoms with Crippen LogP contribution in [0.3, 0.4) is 0 Å². The summed E-state index contributed by atoms with van der Waals surface area (Å²) in [6.07, 6.45) is 3.60. The van der Waals surface area contributed by atoms with Crippen molar-refractivity contribution in [2.45, 2.75) is 0 Å². The van der Waals surface area contributed by atoms with Gasteiger partial charge in [-0.15, -0.1) is 0 Å². The Balaban J connectivity index is 2.55. The molecule has 5 heteroatoms. The minimum Gasteiger partial charge on any atom is -0.497 e. The Labute approximate surface area is 140 Å². The molecule has 0 heterocycles. The third-order valence-corrected chi connectivity index (χ3v) is 3.64. The summed E-state index contributed by atoms with van der Waals surface area (Å²) in [6, 6.07) is 10.8. The standard InChI is InChI=1S/C18H17ClO4/c1-21-14-10-13(9-8-12-6-4-5-7-15(12)19)17(18(20)23-3)16(11-14)22-2/h4-11H,1-3H3. The Bertz CT molecular complexity index is 738. The first kappa shape index (κ1) is 16.9. The highest BCUT2D eigenvalue weighted by molar-refractivity contribution is 6.32. The third kappa shape index (κ3) is 3.85. The van der Waals surface area contributed by atoms with E-state index < -0.39 is 5.97 Å². The molecule has 0 fully saturated rings. The van der Waals surface area contributed by atoms with Crippen LogP contribution in [0, 0.1) is 0 Å². The van der Waals surface area contributed by atoms with E-state index in [0.717, 1.165) is 5.56 Å². The van der Waals surface area contributed by atoms with Crippen LogP contribution in [0.4, 0.5) is 0 Å². The van der Waals surface area contributed by atoms with Crippen molar-refractivity contribution in [3.8, 4) is 11.5 Å². The number of hydrogen-bond donors (Lipinski definition) is 0. The zero-order valence-corrected chi connectivity index (χ0v) is 13.9. The van der Waals surface area contributed by atoms with Crippen molar-refractivity contribution in [3.63, 3.8) is 0 Å². The molecule has 2 aromatic rings. The zero-order valence-electron chi connectivity index (χ0n) is 13.1. The van der Waals surface area contributed by atoms with E-state index in [4.69, 9.17) is 25.8 Å². The second kappa shape index (κ2) is 7.70. The first-order valence-corrected chi connectivity index (χ1v) is 7.25. The van der Waals surface area contributed by atoms with Crippen LogP contribution in [-0.4, -0.2) is 27.3 Å². The highest BCUT2D eigenvalue weighted by Gasteiger charge is 2.18. The SMILES string of the molecule is COC(=O)c1c(C=Cc2ccccc2Cl)cc(OC)cc1OC. The number of rotatable bonds is 5. The minimum absolute atomic E-state index is 0.333. The second-order valence-electron chi connectivity index (χ2n) is 4.64. The Morgan fingerprint density at radius 2 is 1.70 bits per heavy atom. The molecule has 4 nitrogen and oxygen atoms in total. The van der Waals surface area contributed by atoms with Gasteiger partial charge in [0.25, 0.3) is 0 Å². The molecule has 0 unspecified atom stereocenters. The van der Waals surface area contributed by atoms with E-state index >= 15 is 0 Å². The fourth-order valence-corrected chi connectivity index (χ4v) is 2.33. The van der Waals surface area contributed by atoms with Gasteiger partial charge in [0.1, 0.15) is 17.1 Å². The molecule has 0 aliphatic rings. The molecule has 120 valence electrons. The molecule has 2 aromatic carbocycles. The van der Waals surface area contributed by atoms with Crippen molar-refractivity contribution in [2.75, 3.05) is 21.3 Å². The van der Waals surface area contributed by atoms with Crippen molar-refractivity contribution in [1.29, 1.82) is 0 Å². The number of ether oxygens (including phenoxy) is 3. The minimum atomic E-state index is -0.483. The number of methoxy groups -OCH3 is 3. The molecule has 0 spiro atoms. The Morgan fingerprint density at radius 3 is 2.30 bits per heavy atom. The molecule has 0 saturated carbocycles. The van der Waals surface area contributed by atoms with Crippen molar-refractivity contribution in [2.24, 2.45) is 0 Å². The van der Waals surface area contributed by atoms with Crippen LogP contribution in [-0.2, 0) is 4.74 Å².